The van der Waals surface area contributed by atoms with E-state index >= 15 is 0 Å². The summed E-state index contributed by atoms with van der Waals surface area (Å²) in [6.45, 7) is 4.24. The summed E-state index contributed by atoms with van der Waals surface area (Å²) in [7, 11) is 0. The smallest absolute Gasteiger partial charge is 0.274 e. The van der Waals surface area contributed by atoms with Crippen molar-refractivity contribution in [2.75, 3.05) is 5.32 Å². The van der Waals surface area contributed by atoms with Gasteiger partial charge in [0.15, 0.2) is 6.73 Å². The third kappa shape index (κ3) is 4.81. The van der Waals surface area contributed by atoms with Crippen LogP contribution in [-0.4, -0.2) is 25.5 Å². The number of rotatable bonds is 7. The standard InChI is InChI=1S/C23H21ClFN5O2/c1-15-22(16(2)29(28-15)13-17-3-7-19(25)8-4-17)27-23(31)21-11-12-26-30(21)14-32-20-9-5-18(24)6-10-20/h3-12H,13-14H2,1-2H3,(H,27,31). The fourth-order valence-electron chi connectivity index (χ4n) is 3.27. The molecule has 2 aromatic heterocycles. The fraction of sp³-hybridized carbons (Fsp3) is 0.174. The van der Waals surface area contributed by atoms with E-state index in [0.29, 0.717) is 34.4 Å². The molecule has 0 atom stereocenters. The first-order valence-corrected chi connectivity index (χ1v) is 10.3. The van der Waals surface area contributed by atoms with Gasteiger partial charge in [-0.3, -0.25) is 9.48 Å². The Bertz CT molecular complexity index is 1230. The molecule has 0 bridgehead atoms. The lowest BCUT2D eigenvalue weighted by Gasteiger charge is -2.11. The van der Waals surface area contributed by atoms with Gasteiger partial charge < -0.3 is 10.1 Å². The number of benzene rings is 2. The topological polar surface area (TPSA) is 74.0 Å². The number of halogens is 2. The summed E-state index contributed by atoms with van der Waals surface area (Å²) in [5, 5.41) is 12.2. The van der Waals surface area contributed by atoms with Crippen molar-refractivity contribution < 1.29 is 13.9 Å². The second kappa shape index (κ2) is 9.23. The van der Waals surface area contributed by atoms with Crippen LogP contribution in [0.5, 0.6) is 5.75 Å². The van der Waals surface area contributed by atoms with Gasteiger partial charge in [-0.15, -0.1) is 0 Å². The van der Waals surface area contributed by atoms with Crippen LogP contribution in [0, 0.1) is 19.7 Å². The Morgan fingerprint density at radius 1 is 1.06 bits per heavy atom. The van der Waals surface area contributed by atoms with Gasteiger partial charge in [-0.1, -0.05) is 23.7 Å². The molecule has 2 heterocycles. The molecule has 0 unspecified atom stereocenters. The van der Waals surface area contributed by atoms with Crippen molar-refractivity contribution in [2.45, 2.75) is 27.1 Å². The summed E-state index contributed by atoms with van der Waals surface area (Å²) in [6, 6.07) is 14.8. The molecule has 0 saturated heterocycles. The van der Waals surface area contributed by atoms with Crippen molar-refractivity contribution in [1.82, 2.24) is 19.6 Å². The average molecular weight is 454 g/mol. The van der Waals surface area contributed by atoms with E-state index in [4.69, 9.17) is 16.3 Å². The van der Waals surface area contributed by atoms with Gasteiger partial charge in [0.2, 0.25) is 0 Å². The highest BCUT2D eigenvalue weighted by Gasteiger charge is 2.18. The molecule has 0 saturated carbocycles. The predicted molar refractivity (Wildman–Crippen MR) is 119 cm³/mol. The zero-order chi connectivity index (χ0) is 22.7. The van der Waals surface area contributed by atoms with Gasteiger partial charge in [0.25, 0.3) is 5.91 Å². The third-order valence-corrected chi connectivity index (χ3v) is 5.23. The molecule has 0 spiro atoms. The van der Waals surface area contributed by atoms with Crippen molar-refractivity contribution in [3.8, 4) is 5.75 Å². The van der Waals surface area contributed by atoms with Crippen LogP contribution in [0.1, 0.15) is 27.4 Å². The minimum absolute atomic E-state index is 0.0686. The molecule has 4 rings (SSSR count). The van der Waals surface area contributed by atoms with Gasteiger partial charge in [-0.2, -0.15) is 10.2 Å². The van der Waals surface area contributed by atoms with Crippen LogP contribution in [0.3, 0.4) is 0 Å². The maximum absolute atomic E-state index is 13.2. The van der Waals surface area contributed by atoms with Crippen LogP contribution in [0.2, 0.25) is 5.02 Å². The molecule has 1 N–H and O–H groups in total. The number of hydrogen-bond acceptors (Lipinski definition) is 4. The number of anilines is 1. The lowest BCUT2D eigenvalue weighted by atomic mass is 10.2. The first-order chi connectivity index (χ1) is 15.4. The van der Waals surface area contributed by atoms with E-state index in [-0.39, 0.29) is 18.5 Å². The van der Waals surface area contributed by atoms with E-state index in [9.17, 15) is 9.18 Å². The average Bonchev–Trinajstić information content (AvgIpc) is 3.35. The van der Waals surface area contributed by atoms with Crippen molar-refractivity contribution in [3.63, 3.8) is 0 Å². The highest BCUT2D eigenvalue weighted by Crippen LogP contribution is 2.22. The molecule has 0 aliphatic heterocycles. The zero-order valence-electron chi connectivity index (χ0n) is 17.5. The van der Waals surface area contributed by atoms with Gasteiger partial charge in [0.05, 0.1) is 23.6 Å². The molecule has 1 amide bonds. The maximum Gasteiger partial charge on any atom is 0.274 e. The molecule has 2 aromatic carbocycles. The second-order valence-corrected chi connectivity index (χ2v) is 7.66. The third-order valence-electron chi connectivity index (χ3n) is 4.98. The summed E-state index contributed by atoms with van der Waals surface area (Å²) in [6.07, 6.45) is 1.54. The molecule has 0 aliphatic carbocycles. The maximum atomic E-state index is 13.2. The van der Waals surface area contributed by atoms with Crippen LogP contribution in [0.4, 0.5) is 10.1 Å². The monoisotopic (exact) mass is 453 g/mol. The van der Waals surface area contributed by atoms with E-state index in [1.54, 1.807) is 47.1 Å². The highest BCUT2D eigenvalue weighted by atomic mass is 35.5. The molecular weight excluding hydrogens is 433 g/mol. The summed E-state index contributed by atoms with van der Waals surface area (Å²) < 4.78 is 22.1. The fourth-order valence-corrected chi connectivity index (χ4v) is 3.39. The number of aromatic nitrogens is 4. The summed E-state index contributed by atoms with van der Waals surface area (Å²) in [4.78, 5) is 12.9. The number of amides is 1. The molecule has 0 radical (unpaired) electrons. The van der Waals surface area contributed by atoms with Crippen molar-refractivity contribution in [3.05, 3.63) is 94.3 Å². The predicted octanol–water partition coefficient (Wildman–Crippen LogP) is 4.83. The number of hydrogen-bond donors (Lipinski definition) is 1. The minimum Gasteiger partial charge on any atom is -0.471 e. The van der Waals surface area contributed by atoms with E-state index < -0.39 is 0 Å². The summed E-state index contributed by atoms with van der Waals surface area (Å²) >= 11 is 5.89. The molecule has 7 nitrogen and oxygen atoms in total. The number of carbonyl (C=O) groups excluding carboxylic acids is 1. The second-order valence-electron chi connectivity index (χ2n) is 7.23. The van der Waals surface area contributed by atoms with E-state index in [1.165, 1.54) is 23.0 Å². The van der Waals surface area contributed by atoms with Gasteiger partial charge in [-0.25, -0.2) is 9.07 Å². The lowest BCUT2D eigenvalue weighted by molar-refractivity contribution is 0.100. The quantitative estimate of drug-likeness (QED) is 0.435. The van der Waals surface area contributed by atoms with Gasteiger partial charge in [0, 0.05) is 11.2 Å². The van der Waals surface area contributed by atoms with Crippen LogP contribution >= 0.6 is 11.6 Å². The van der Waals surface area contributed by atoms with Crippen LogP contribution in [0.25, 0.3) is 0 Å². The largest absolute Gasteiger partial charge is 0.471 e. The zero-order valence-corrected chi connectivity index (χ0v) is 18.3. The van der Waals surface area contributed by atoms with Gasteiger partial charge >= 0.3 is 0 Å². The van der Waals surface area contributed by atoms with Crippen molar-refractivity contribution in [2.24, 2.45) is 0 Å². The summed E-state index contributed by atoms with van der Waals surface area (Å²) in [5.41, 5.74) is 3.37. The van der Waals surface area contributed by atoms with E-state index in [0.717, 1.165) is 11.3 Å². The van der Waals surface area contributed by atoms with Crippen LogP contribution < -0.4 is 10.1 Å². The summed E-state index contributed by atoms with van der Waals surface area (Å²) in [5.74, 6) is 0.00600. The molecule has 0 aliphatic rings. The first kappa shape index (κ1) is 21.6. The van der Waals surface area contributed by atoms with Crippen molar-refractivity contribution >= 4 is 23.2 Å². The number of aryl methyl sites for hydroxylation is 1. The van der Waals surface area contributed by atoms with Crippen LogP contribution in [-0.2, 0) is 13.3 Å². The first-order valence-electron chi connectivity index (χ1n) is 9.90. The molecule has 164 valence electrons. The Balaban J connectivity index is 1.46. The Morgan fingerprint density at radius 2 is 1.78 bits per heavy atom. The number of carbonyl (C=O) groups is 1. The minimum atomic E-state index is -0.324. The molecule has 32 heavy (non-hydrogen) atoms. The Kier molecular flexibility index (Phi) is 6.23. The molecular formula is C23H21ClFN5O2. The lowest BCUT2D eigenvalue weighted by Crippen LogP contribution is -2.20. The molecule has 9 heteroatoms. The molecule has 0 fully saturated rings. The van der Waals surface area contributed by atoms with Crippen molar-refractivity contribution in [1.29, 1.82) is 0 Å². The number of nitrogens with one attached hydrogen (secondary N) is 1. The van der Waals surface area contributed by atoms with Crippen LogP contribution in [0.15, 0.2) is 60.8 Å². The number of ether oxygens (including phenoxy) is 1. The normalized spacial score (nSPS) is 10.9. The Labute approximate surface area is 189 Å². The SMILES string of the molecule is Cc1nn(Cc2ccc(F)cc2)c(C)c1NC(=O)c1ccnn1COc1ccc(Cl)cc1. The highest BCUT2D eigenvalue weighted by molar-refractivity contribution is 6.30. The van der Waals surface area contributed by atoms with Gasteiger partial charge in [-0.05, 0) is 61.9 Å². The molecule has 4 aromatic rings. The van der Waals surface area contributed by atoms with Gasteiger partial charge in [0.1, 0.15) is 17.3 Å². The Morgan fingerprint density at radius 3 is 2.50 bits per heavy atom. The number of nitrogens with zero attached hydrogens (tertiary/aromatic N) is 4. The Hall–Kier alpha value is -3.65. The van der Waals surface area contributed by atoms with E-state index in [2.05, 4.69) is 15.5 Å². The van der Waals surface area contributed by atoms with E-state index in [1.807, 2.05) is 13.8 Å².